The molecule has 27 heavy (non-hydrogen) atoms. The van der Waals surface area contributed by atoms with Crippen LogP contribution in [0.1, 0.15) is 23.7 Å². The predicted octanol–water partition coefficient (Wildman–Crippen LogP) is 2.02. The summed E-state index contributed by atoms with van der Waals surface area (Å²) in [5.41, 5.74) is 0.243. The van der Waals surface area contributed by atoms with Crippen LogP contribution in [-0.4, -0.2) is 48.4 Å². The molecule has 0 spiro atoms. The number of amides is 1. The third kappa shape index (κ3) is 4.38. The minimum atomic E-state index is -3.04. The maximum atomic E-state index is 13.2. The number of sulfone groups is 1. The van der Waals surface area contributed by atoms with Crippen LogP contribution in [0.2, 0.25) is 0 Å². The van der Waals surface area contributed by atoms with Crippen LogP contribution in [0.5, 0.6) is 0 Å². The Morgan fingerprint density at radius 1 is 1.26 bits per heavy atom. The number of rotatable bonds is 5. The van der Waals surface area contributed by atoms with Crippen molar-refractivity contribution in [3.8, 4) is 0 Å². The minimum absolute atomic E-state index is 0.0581. The molecule has 0 radical (unpaired) electrons. The molecular formula is C17H18F2N4O3S. The molecular weight excluding hydrogens is 378 g/mol. The highest BCUT2D eigenvalue weighted by Gasteiger charge is 2.32. The second-order valence-corrected chi connectivity index (χ2v) is 8.43. The number of anilines is 2. The number of benzene rings is 1. The first kappa shape index (κ1) is 19.2. The van der Waals surface area contributed by atoms with Gasteiger partial charge in [0.15, 0.2) is 21.5 Å². The summed E-state index contributed by atoms with van der Waals surface area (Å²) in [6, 6.07) is 2.84. The van der Waals surface area contributed by atoms with E-state index in [2.05, 4.69) is 15.3 Å². The van der Waals surface area contributed by atoms with Gasteiger partial charge in [-0.2, -0.15) is 0 Å². The number of aromatic nitrogens is 2. The summed E-state index contributed by atoms with van der Waals surface area (Å²) < 4.78 is 49.5. The fourth-order valence-corrected chi connectivity index (χ4v) is 4.68. The van der Waals surface area contributed by atoms with Gasteiger partial charge in [-0.1, -0.05) is 0 Å². The summed E-state index contributed by atoms with van der Waals surface area (Å²) in [7, 11) is -3.04. The van der Waals surface area contributed by atoms with Crippen LogP contribution in [0.4, 0.5) is 20.4 Å². The van der Waals surface area contributed by atoms with E-state index in [1.54, 1.807) is 4.90 Å². The smallest absolute Gasteiger partial charge is 0.258 e. The molecule has 1 amide bonds. The van der Waals surface area contributed by atoms with E-state index in [9.17, 15) is 22.0 Å². The number of hydrogen-bond donors (Lipinski definition) is 1. The van der Waals surface area contributed by atoms with Crippen molar-refractivity contribution in [2.24, 2.45) is 0 Å². The molecule has 7 nitrogen and oxygen atoms in total. The van der Waals surface area contributed by atoms with Gasteiger partial charge in [0.1, 0.15) is 0 Å². The van der Waals surface area contributed by atoms with Crippen LogP contribution in [-0.2, 0) is 9.84 Å². The maximum absolute atomic E-state index is 13.2. The van der Waals surface area contributed by atoms with Gasteiger partial charge >= 0.3 is 0 Å². The Labute approximate surface area is 155 Å². The van der Waals surface area contributed by atoms with Gasteiger partial charge in [0.25, 0.3) is 5.91 Å². The Morgan fingerprint density at radius 3 is 2.52 bits per heavy atom. The molecule has 1 aromatic carbocycles. The lowest BCUT2D eigenvalue weighted by Crippen LogP contribution is -2.37. The van der Waals surface area contributed by atoms with Crippen molar-refractivity contribution in [1.29, 1.82) is 0 Å². The molecule has 0 saturated carbocycles. The zero-order valence-electron chi connectivity index (χ0n) is 14.5. The summed E-state index contributed by atoms with van der Waals surface area (Å²) in [5, 5.41) is 2.44. The zero-order valence-corrected chi connectivity index (χ0v) is 15.3. The van der Waals surface area contributed by atoms with Crippen molar-refractivity contribution in [2.45, 2.75) is 19.4 Å². The summed E-state index contributed by atoms with van der Waals surface area (Å²) in [5.74, 6) is -2.10. The Bertz CT molecular complexity index is 951. The van der Waals surface area contributed by atoms with Gasteiger partial charge in [-0.15, -0.1) is 0 Å². The van der Waals surface area contributed by atoms with Gasteiger partial charge in [-0.3, -0.25) is 4.79 Å². The van der Waals surface area contributed by atoms with Gasteiger partial charge < -0.3 is 10.2 Å². The Hall–Kier alpha value is -2.62. The second kappa shape index (κ2) is 7.55. The third-order valence-electron chi connectivity index (χ3n) is 4.32. The van der Waals surface area contributed by atoms with E-state index in [-0.39, 0.29) is 28.8 Å². The highest BCUT2D eigenvalue weighted by Crippen LogP contribution is 2.21. The van der Waals surface area contributed by atoms with E-state index < -0.39 is 27.4 Å². The van der Waals surface area contributed by atoms with E-state index >= 15 is 0 Å². The molecule has 2 aromatic rings. The number of halogens is 2. The normalized spacial score (nSPS) is 18.3. The van der Waals surface area contributed by atoms with Crippen molar-refractivity contribution in [2.75, 3.05) is 28.3 Å². The van der Waals surface area contributed by atoms with Crippen LogP contribution < -0.4 is 10.2 Å². The lowest BCUT2D eigenvalue weighted by atomic mass is 10.2. The monoisotopic (exact) mass is 396 g/mol. The van der Waals surface area contributed by atoms with Crippen molar-refractivity contribution < 1.29 is 22.0 Å². The molecule has 1 fully saturated rings. The Morgan fingerprint density at radius 2 is 1.96 bits per heavy atom. The number of carbonyl (C=O) groups excluding carboxylic acids is 1. The van der Waals surface area contributed by atoms with E-state index in [0.29, 0.717) is 18.9 Å². The van der Waals surface area contributed by atoms with E-state index in [0.717, 1.165) is 12.1 Å². The van der Waals surface area contributed by atoms with Gasteiger partial charge in [0.05, 0.1) is 17.1 Å². The van der Waals surface area contributed by atoms with Crippen LogP contribution in [0.15, 0.2) is 30.6 Å². The fraction of sp³-hybridized carbons (Fsp3) is 0.353. The molecule has 1 aliphatic rings. The van der Waals surface area contributed by atoms with Crippen LogP contribution >= 0.6 is 0 Å². The Kier molecular flexibility index (Phi) is 5.36. The molecule has 1 atom stereocenters. The average Bonchev–Trinajstić information content (AvgIpc) is 2.99. The molecule has 0 bridgehead atoms. The quantitative estimate of drug-likeness (QED) is 0.831. The standard InChI is InChI=1S/C17H18F2N4O3S/c1-2-23(13-5-6-27(25,26)10-13)17-20-8-11(9-21-17)16(24)22-12-3-4-14(18)15(19)7-12/h3-4,7-9,13H,2,5-6,10H2,1H3,(H,22,24). The lowest BCUT2D eigenvalue weighted by molar-refractivity contribution is 0.102. The van der Waals surface area contributed by atoms with E-state index in [1.807, 2.05) is 6.92 Å². The SMILES string of the molecule is CCN(c1ncc(C(=O)Nc2ccc(F)c(F)c2)cn1)C1CCS(=O)(=O)C1. The molecule has 1 aromatic heterocycles. The molecule has 2 heterocycles. The van der Waals surface area contributed by atoms with Crippen molar-refractivity contribution in [1.82, 2.24) is 9.97 Å². The number of hydrogen-bond acceptors (Lipinski definition) is 6. The van der Waals surface area contributed by atoms with Crippen LogP contribution in [0, 0.1) is 11.6 Å². The van der Waals surface area contributed by atoms with Gasteiger partial charge in [0, 0.05) is 36.7 Å². The summed E-state index contributed by atoms with van der Waals surface area (Å²) in [6.45, 7) is 2.40. The van der Waals surface area contributed by atoms with Crippen LogP contribution in [0.3, 0.4) is 0 Å². The first-order chi connectivity index (χ1) is 12.8. The number of carbonyl (C=O) groups is 1. The molecule has 1 saturated heterocycles. The first-order valence-corrected chi connectivity index (χ1v) is 10.2. The average molecular weight is 396 g/mol. The minimum Gasteiger partial charge on any atom is -0.337 e. The maximum Gasteiger partial charge on any atom is 0.258 e. The van der Waals surface area contributed by atoms with Crippen molar-refractivity contribution in [3.63, 3.8) is 0 Å². The topological polar surface area (TPSA) is 92.3 Å². The summed E-state index contributed by atoms with van der Waals surface area (Å²) in [6.07, 6.45) is 3.13. The lowest BCUT2D eigenvalue weighted by Gasteiger charge is -2.26. The van der Waals surface area contributed by atoms with Crippen molar-refractivity contribution >= 4 is 27.4 Å². The van der Waals surface area contributed by atoms with Crippen LogP contribution in [0.25, 0.3) is 0 Å². The number of nitrogens with one attached hydrogen (secondary N) is 1. The summed E-state index contributed by atoms with van der Waals surface area (Å²) >= 11 is 0. The molecule has 144 valence electrons. The fourth-order valence-electron chi connectivity index (χ4n) is 2.95. The van der Waals surface area contributed by atoms with E-state index in [4.69, 9.17) is 0 Å². The second-order valence-electron chi connectivity index (χ2n) is 6.20. The molecule has 1 unspecified atom stereocenters. The largest absolute Gasteiger partial charge is 0.337 e. The molecule has 10 heteroatoms. The Balaban J connectivity index is 1.72. The van der Waals surface area contributed by atoms with E-state index in [1.165, 1.54) is 18.5 Å². The predicted molar refractivity (Wildman–Crippen MR) is 96.4 cm³/mol. The highest BCUT2D eigenvalue weighted by molar-refractivity contribution is 7.91. The molecule has 3 rings (SSSR count). The number of nitrogens with zero attached hydrogens (tertiary/aromatic N) is 3. The third-order valence-corrected chi connectivity index (χ3v) is 6.07. The van der Waals surface area contributed by atoms with Gasteiger partial charge in [-0.25, -0.2) is 27.2 Å². The first-order valence-electron chi connectivity index (χ1n) is 8.34. The molecule has 1 N–H and O–H groups in total. The zero-order chi connectivity index (χ0) is 19.6. The molecule has 0 aliphatic carbocycles. The van der Waals surface area contributed by atoms with Gasteiger partial charge in [-0.05, 0) is 25.5 Å². The van der Waals surface area contributed by atoms with Gasteiger partial charge in [0.2, 0.25) is 5.95 Å². The molecule has 1 aliphatic heterocycles. The van der Waals surface area contributed by atoms with Crippen molar-refractivity contribution in [3.05, 3.63) is 47.8 Å². The summed E-state index contributed by atoms with van der Waals surface area (Å²) in [4.78, 5) is 22.3. The highest BCUT2D eigenvalue weighted by atomic mass is 32.2.